The van der Waals surface area contributed by atoms with Crippen LogP contribution < -0.4 is 5.32 Å². The second-order valence-corrected chi connectivity index (χ2v) is 4.99. The molecule has 1 N–H and O–H groups in total. The van der Waals surface area contributed by atoms with E-state index in [0.29, 0.717) is 12.0 Å². The molecule has 1 fully saturated rings. The minimum absolute atomic E-state index is 0.556. The summed E-state index contributed by atoms with van der Waals surface area (Å²) in [6.45, 7) is 2.20. The number of aryl methyl sites for hydroxylation is 1. The third-order valence-electron chi connectivity index (χ3n) is 3.70. The van der Waals surface area contributed by atoms with E-state index in [4.69, 9.17) is 0 Å². The van der Waals surface area contributed by atoms with Crippen molar-refractivity contribution in [1.29, 1.82) is 0 Å². The van der Waals surface area contributed by atoms with E-state index >= 15 is 0 Å². The molecule has 0 saturated heterocycles. The fraction of sp³-hybridized carbons (Fsp3) is 0.333. The Bertz CT molecular complexity index is 518. The molecule has 0 aliphatic heterocycles. The number of hydrogen-bond donors (Lipinski definition) is 1. The summed E-state index contributed by atoms with van der Waals surface area (Å²) in [7, 11) is 0. The van der Waals surface area contributed by atoms with Crippen LogP contribution in [-0.4, -0.2) is 16.0 Å². The van der Waals surface area contributed by atoms with Gasteiger partial charge >= 0.3 is 0 Å². The Balaban J connectivity index is 1.59. The molecule has 1 aliphatic rings. The summed E-state index contributed by atoms with van der Waals surface area (Å²) >= 11 is 0. The standard InChI is InChI=1S/C15H17N3/c1-11-4-2-3-5-15(11)12-6-13(7-12)18-14-8-16-10-17-9-14/h2-5,8-10,12-13,18H,6-7H2,1H3. The van der Waals surface area contributed by atoms with Crippen molar-refractivity contribution in [2.24, 2.45) is 0 Å². The van der Waals surface area contributed by atoms with Crippen molar-refractivity contribution in [2.45, 2.75) is 31.7 Å². The summed E-state index contributed by atoms with van der Waals surface area (Å²) in [4.78, 5) is 8.03. The minimum Gasteiger partial charge on any atom is -0.380 e. The number of nitrogens with zero attached hydrogens (tertiary/aromatic N) is 2. The molecule has 18 heavy (non-hydrogen) atoms. The van der Waals surface area contributed by atoms with Crippen LogP contribution in [0.1, 0.15) is 29.9 Å². The van der Waals surface area contributed by atoms with Crippen molar-refractivity contribution in [3.63, 3.8) is 0 Å². The van der Waals surface area contributed by atoms with Crippen LogP contribution in [0.5, 0.6) is 0 Å². The number of aromatic nitrogens is 2. The first-order valence-electron chi connectivity index (χ1n) is 6.40. The lowest BCUT2D eigenvalue weighted by Crippen LogP contribution is -2.34. The Labute approximate surface area is 107 Å². The zero-order valence-electron chi connectivity index (χ0n) is 10.5. The van der Waals surface area contributed by atoms with Gasteiger partial charge in [-0.1, -0.05) is 24.3 Å². The van der Waals surface area contributed by atoms with Crippen molar-refractivity contribution in [3.8, 4) is 0 Å². The SMILES string of the molecule is Cc1ccccc1C1CC(Nc2cncnc2)C1. The predicted molar refractivity (Wildman–Crippen MR) is 72.6 cm³/mol. The van der Waals surface area contributed by atoms with Gasteiger partial charge in [0.2, 0.25) is 0 Å². The van der Waals surface area contributed by atoms with Gasteiger partial charge in [0.05, 0.1) is 18.1 Å². The molecule has 3 heteroatoms. The van der Waals surface area contributed by atoms with E-state index in [9.17, 15) is 0 Å². The molecule has 0 radical (unpaired) electrons. The van der Waals surface area contributed by atoms with Crippen molar-refractivity contribution in [1.82, 2.24) is 9.97 Å². The maximum Gasteiger partial charge on any atom is 0.115 e. The Morgan fingerprint density at radius 3 is 2.56 bits per heavy atom. The first-order chi connectivity index (χ1) is 8.83. The fourth-order valence-corrected chi connectivity index (χ4v) is 2.64. The number of rotatable bonds is 3. The van der Waals surface area contributed by atoms with Gasteiger partial charge in [-0.2, -0.15) is 0 Å². The third-order valence-corrected chi connectivity index (χ3v) is 3.70. The molecule has 2 aromatic rings. The molecule has 1 aliphatic carbocycles. The molecule has 3 rings (SSSR count). The van der Waals surface area contributed by atoms with E-state index in [1.807, 2.05) is 12.4 Å². The van der Waals surface area contributed by atoms with Gasteiger partial charge < -0.3 is 5.32 Å². The molecule has 1 heterocycles. The van der Waals surface area contributed by atoms with Crippen LogP contribution in [0.4, 0.5) is 5.69 Å². The first kappa shape index (κ1) is 11.2. The minimum atomic E-state index is 0.556. The molecule has 1 aromatic carbocycles. The Kier molecular flexibility index (Phi) is 2.97. The third kappa shape index (κ3) is 2.21. The summed E-state index contributed by atoms with van der Waals surface area (Å²) in [5.74, 6) is 0.702. The van der Waals surface area contributed by atoms with E-state index < -0.39 is 0 Å². The highest BCUT2D eigenvalue weighted by Gasteiger charge is 2.30. The summed E-state index contributed by atoms with van der Waals surface area (Å²) in [5, 5.41) is 3.47. The second kappa shape index (κ2) is 4.77. The van der Waals surface area contributed by atoms with Crippen molar-refractivity contribution >= 4 is 5.69 Å². The summed E-state index contributed by atoms with van der Waals surface area (Å²) in [5.41, 5.74) is 3.93. The average molecular weight is 239 g/mol. The van der Waals surface area contributed by atoms with Gasteiger partial charge in [-0.3, -0.25) is 0 Å². The largest absolute Gasteiger partial charge is 0.380 e. The molecule has 1 saturated carbocycles. The molecular weight excluding hydrogens is 222 g/mol. The molecule has 0 unspecified atom stereocenters. The van der Waals surface area contributed by atoms with Gasteiger partial charge in [-0.05, 0) is 36.8 Å². The van der Waals surface area contributed by atoms with Crippen LogP contribution >= 0.6 is 0 Å². The molecule has 0 atom stereocenters. The second-order valence-electron chi connectivity index (χ2n) is 4.99. The lowest BCUT2D eigenvalue weighted by atomic mass is 9.74. The maximum absolute atomic E-state index is 4.01. The summed E-state index contributed by atoms with van der Waals surface area (Å²) in [6.07, 6.45) is 7.60. The highest BCUT2D eigenvalue weighted by molar-refractivity contribution is 5.41. The molecule has 0 spiro atoms. The Hall–Kier alpha value is -1.90. The van der Waals surface area contributed by atoms with Crippen molar-refractivity contribution in [2.75, 3.05) is 5.32 Å². The summed E-state index contributed by atoms with van der Waals surface area (Å²) in [6, 6.07) is 9.24. The predicted octanol–water partition coefficient (Wildman–Crippen LogP) is 3.14. The van der Waals surface area contributed by atoms with Crippen LogP contribution in [0.15, 0.2) is 43.0 Å². The van der Waals surface area contributed by atoms with Gasteiger partial charge in [0, 0.05) is 6.04 Å². The van der Waals surface area contributed by atoms with Crippen LogP contribution in [-0.2, 0) is 0 Å². The van der Waals surface area contributed by atoms with Gasteiger partial charge in [0.15, 0.2) is 0 Å². The average Bonchev–Trinajstić information content (AvgIpc) is 2.36. The normalized spacial score (nSPS) is 22.3. The van der Waals surface area contributed by atoms with E-state index in [-0.39, 0.29) is 0 Å². The zero-order valence-corrected chi connectivity index (χ0v) is 10.5. The summed E-state index contributed by atoms with van der Waals surface area (Å²) < 4.78 is 0. The number of nitrogens with one attached hydrogen (secondary N) is 1. The smallest absolute Gasteiger partial charge is 0.115 e. The monoisotopic (exact) mass is 239 g/mol. The number of anilines is 1. The lowest BCUT2D eigenvalue weighted by molar-refractivity contribution is 0.373. The number of benzene rings is 1. The zero-order chi connectivity index (χ0) is 12.4. The molecule has 0 bridgehead atoms. The Morgan fingerprint density at radius 2 is 1.83 bits per heavy atom. The van der Waals surface area contributed by atoms with Gasteiger partial charge in [0.25, 0.3) is 0 Å². The van der Waals surface area contributed by atoms with Crippen LogP contribution in [0.25, 0.3) is 0 Å². The molecule has 1 aromatic heterocycles. The van der Waals surface area contributed by atoms with Gasteiger partial charge in [-0.15, -0.1) is 0 Å². The highest BCUT2D eigenvalue weighted by atomic mass is 15.0. The van der Waals surface area contributed by atoms with Crippen LogP contribution in [0.3, 0.4) is 0 Å². The molecule has 92 valence electrons. The maximum atomic E-state index is 4.01. The van der Waals surface area contributed by atoms with E-state index in [2.05, 4.69) is 46.5 Å². The lowest BCUT2D eigenvalue weighted by Gasteiger charge is -2.37. The van der Waals surface area contributed by atoms with Crippen molar-refractivity contribution < 1.29 is 0 Å². The van der Waals surface area contributed by atoms with E-state index in [1.54, 1.807) is 6.33 Å². The molecule has 3 nitrogen and oxygen atoms in total. The van der Waals surface area contributed by atoms with Gasteiger partial charge in [-0.25, -0.2) is 9.97 Å². The number of hydrogen-bond acceptors (Lipinski definition) is 3. The van der Waals surface area contributed by atoms with Crippen LogP contribution in [0.2, 0.25) is 0 Å². The van der Waals surface area contributed by atoms with Crippen LogP contribution in [0, 0.1) is 6.92 Å². The van der Waals surface area contributed by atoms with Crippen molar-refractivity contribution in [3.05, 3.63) is 54.1 Å². The van der Waals surface area contributed by atoms with E-state index in [1.165, 1.54) is 24.0 Å². The van der Waals surface area contributed by atoms with E-state index in [0.717, 1.165) is 5.69 Å². The quantitative estimate of drug-likeness (QED) is 0.894. The van der Waals surface area contributed by atoms with Gasteiger partial charge in [0.1, 0.15) is 6.33 Å². The Morgan fingerprint density at radius 1 is 1.11 bits per heavy atom. The highest BCUT2D eigenvalue weighted by Crippen LogP contribution is 2.39. The topological polar surface area (TPSA) is 37.8 Å². The fourth-order valence-electron chi connectivity index (χ4n) is 2.64. The first-order valence-corrected chi connectivity index (χ1v) is 6.40. The molecule has 0 amide bonds. The molecular formula is C15H17N3.